The number of halogens is 1. The zero-order chi connectivity index (χ0) is 21.8. The number of nitrogens with zero attached hydrogens (tertiary/aromatic N) is 1. The standard InChI is InChI=1S/C24H30ClN3O3/c1-14(29)26-18-4-5-20(19(25)10-18)27-22(30)21-3-2-6-28(21)23(31)24-11-15-7-16(12-24)9-17(8-15)13-24/h4-5,10,15-17,21H,2-3,6-9,11-13H2,1H3,(H,26,29)(H,27,30). The topological polar surface area (TPSA) is 78.5 Å². The maximum atomic E-state index is 13.8. The summed E-state index contributed by atoms with van der Waals surface area (Å²) in [7, 11) is 0. The van der Waals surface area contributed by atoms with E-state index in [2.05, 4.69) is 10.6 Å². The highest BCUT2D eigenvalue weighted by atomic mass is 35.5. The summed E-state index contributed by atoms with van der Waals surface area (Å²) in [4.78, 5) is 40.0. The van der Waals surface area contributed by atoms with Gasteiger partial charge in [0.2, 0.25) is 17.7 Å². The Labute approximate surface area is 188 Å². The monoisotopic (exact) mass is 443 g/mol. The molecule has 0 spiro atoms. The number of carbonyl (C=O) groups is 3. The van der Waals surface area contributed by atoms with E-state index in [0.717, 1.165) is 25.7 Å². The summed E-state index contributed by atoms with van der Waals surface area (Å²) in [6.45, 7) is 2.09. The first kappa shape index (κ1) is 20.8. The Morgan fingerprint density at radius 1 is 1.03 bits per heavy atom. The molecule has 1 unspecified atom stereocenters. The minimum Gasteiger partial charge on any atom is -0.330 e. The quantitative estimate of drug-likeness (QED) is 0.721. The Morgan fingerprint density at radius 3 is 2.26 bits per heavy atom. The Kier molecular flexibility index (Phi) is 5.24. The van der Waals surface area contributed by atoms with Crippen molar-refractivity contribution >= 4 is 40.7 Å². The molecule has 4 saturated carbocycles. The van der Waals surface area contributed by atoms with Gasteiger partial charge in [-0.1, -0.05) is 11.6 Å². The molecule has 31 heavy (non-hydrogen) atoms. The second-order valence-corrected chi connectivity index (χ2v) is 10.6. The van der Waals surface area contributed by atoms with Crippen LogP contribution in [0, 0.1) is 23.2 Å². The van der Waals surface area contributed by atoms with Gasteiger partial charge >= 0.3 is 0 Å². The average molecular weight is 444 g/mol. The fourth-order valence-electron chi connectivity index (χ4n) is 7.07. The van der Waals surface area contributed by atoms with E-state index in [4.69, 9.17) is 11.6 Å². The van der Waals surface area contributed by atoms with Gasteiger partial charge in [0.05, 0.1) is 16.1 Å². The van der Waals surface area contributed by atoms with E-state index in [1.807, 2.05) is 4.90 Å². The van der Waals surface area contributed by atoms with Crippen LogP contribution >= 0.6 is 11.6 Å². The van der Waals surface area contributed by atoms with Gasteiger partial charge in [0.25, 0.3) is 0 Å². The average Bonchev–Trinajstić information content (AvgIpc) is 3.18. The summed E-state index contributed by atoms with van der Waals surface area (Å²) in [6.07, 6.45) is 8.46. The summed E-state index contributed by atoms with van der Waals surface area (Å²) in [5, 5.41) is 5.95. The maximum absolute atomic E-state index is 13.8. The van der Waals surface area contributed by atoms with E-state index in [1.54, 1.807) is 18.2 Å². The Bertz CT molecular complexity index is 895. The molecule has 3 amide bonds. The van der Waals surface area contributed by atoms with Crippen LogP contribution in [0.3, 0.4) is 0 Å². The lowest BCUT2D eigenvalue weighted by Crippen LogP contribution is -2.56. The van der Waals surface area contributed by atoms with Crippen molar-refractivity contribution in [1.82, 2.24) is 4.90 Å². The van der Waals surface area contributed by atoms with Crippen LogP contribution in [-0.4, -0.2) is 35.2 Å². The van der Waals surface area contributed by atoms with Crippen LogP contribution in [0.25, 0.3) is 0 Å². The highest BCUT2D eigenvalue weighted by molar-refractivity contribution is 6.34. The van der Waals surface area contributed by atoms with E-state index in [0.29, 0.717) is 47.1 Å². The number of rotatable bonds is 4. The molecule has 166 valence electrons. The van der Waals surface area contributed by atoms with Crippen LogP contribution in [0.2, 0.25) is 5.02 Å². The Morgan fingerprint density at radius 2 is 1.68 bits per heavy atom. The molecular formula is C24H30ClN3O3. The third-order valence-corrected chi connectivity index (χ3v) is 8.17. The number of likely N-dealkylation sites (tertiary alicyclic amines) is 1. The number of benzene rings is 1. The SMILES string of the molecule is CC(=O)Nc1ccc(NC(=O)C2CCCN2C(=O)C23CC4CC(CC(C4)C2)C3)c(Cl)c1. The molecule has 5 fully saturated rings. The normalized spacial score (nSPS) is 33.4. The molecule has 6 nitrogen and oxygen atoms in total. The molecule has 1 saturated heterocycles. The number of carbonyl (C=O) groups excluding carboxylic acids is 3. The lowest BCUT2D eigenvalue weighted by atomic mass is 9.49. The van der Waals surface area contributed by atoms with E-state index in [-0.39, 0.29) is 23.1 Å². The number of amides is 3. The fraction of sp³-hybridized carbons (Fsp3) is 0.625. The number of hydrogen-bond acceptors (Lipinski definition) is 3. The van der Waals surface area contributed by atoms with Crippen molar-refractivity contribution in [2.75, 3.05) is 17.2 Å². The summed E-state index contributed by atoms with van der Waals surface area (Å²) in [5.74, 6) is 1.96. The predicted octanol–water partition coefficient (Wildman–Crippen LogP) is 4.44. The molecule has 1 aliphatic heterocycles. The molecule has 6 rings (SSSR count). The first-order valence-corrected chi connectivity index (χ1v) is 11.9. The fourth-order valence-corrected chi connectivity index (χ4v) is 7.30. The third kappa shape index (κ3) is 3.84. The molecule has 2 N–H and O–H groups in total. The predicted molar refractivity (Wildman–Crippen MR) is 120 cm³/mol. The highest BCUT2D eigenvalue weighted by Gasteiger charge is 2.56. The van der Waals surface area contributed by atoms with Gasteiger partial charge < -0.3 is 15.5 Å². The van der Waals surface area contributed by atoms with Crippen molar-refractivity contribution in [2.45, 2.75) is 64.3 Å². The lowest BCUT2D eigenvalue weighted by Gasteiger charge is -2.56. The smallest absolute Gasteiger partial charge is 0.247 e. The van der Waals surface area contributed by atoms with E-state index in [1.165, 1.54) is 26.2 Å². The van der Waals surface area contributed by atoms with E-state index in [9.17, 15) is 14.4 Å². The first-order chi connectivity index (χ1) is 14.8. The molecule has 5 aliphatic rings. The van der Waals surface area contributed by atoms with Gasteiger partial charge in [0.15, 0.2) is 0 Å². The van der Waals surface area contributed by atoms with Crippen molar-refractivity contribution in [3.05, 3.63) is 23.2 Å². The van der Waals surface area contributed by atoms with Crippen LogP contribution < -0.4 is 10.6 Å². The summed E-state index contributed by atoms with van der Waals surface area (Å²) in [5.41, 5.74) is 0.847. The van der Waals surface area contributed by atoms with E-state index < -0.39 is 6.04 Å². The van der Waals surface area contributed by atoms with Crippen LogP contribution in [0.15, 0.2) is 18.2 Å². The second kappa shape index (κ2) is 7.80. The Balaban J connectivity index is 1.30. The number of anilines is 2. The first-order valence-electron chi connectivity index (χ1n) is 11.5. The van der Waals surface area contributed by atoms with Gasteiger partial charge in [-0.15, -0.1) is 0 Å². The van der Waals surface area contributed by atoms with Crippen LogP contribution in [0.1, 0.15) is 58.3 Å². The highest BCUT2D eigenvalue weighted by Crippen LogP contribution is 2.60. The molecule has 0 aromatic heterocycles. The Hall–Kier alpha value is -2.08. The maximum Gasteiger partial charge on any atom is 0.247 e. The minimum atomic E-state index is -0.438. The van der Waals surface area contributed by atoms with Gasteiger partial charge in [0, 0.05) is 19.2 Å². The molecule has 0 radical (unpaired) electrons. The van der Waals surface area contributed by atoms with Crippen LogP contribution in [-0.2, 0) is 14.4 Å². The molecule has 1 heterocycles. The van der Waals surface area contributed by atoms with Gasteiger partial charge in [-0.3, -0.25) is 14.4 Å². The molecule has 4 bridgehead atoms. The molecule has 4 aliphatic carbocycles. The molecule has 1 aromatic rings. The third-order valence-electron chi connectivity index (χ3n) is 7.86. The van der Waals surface area contributed by atoms with Gasteiger partial charge in [-0.05, 0) is 87.3 Å². The number of nitrogens with one attached hydrogen (secondary N) is 2. The van der Waals surface area contributed by atoms with Crippen LogP contribution in [0.5, 0.6) is 0 Å². The van der Waals surface area contributed by atoms with Gasteiger partial charge in [-0.2, -0.15) is 0 Å². The van der Waals surface area contributed by atoms with Crippen molar-refractivity contribution in [3.63, 3.8) is 0 Å². The zero-order valence-electron chi connectivity index (χ0n) is 18.0. The van der Waals surface area contributed by atoms with E-state index >= 15 is 0 Å². The molecule has 1 aromatic carbocycles. The van der Waals surface area contributed by atoms with Crippen molar-refractivity contribution < 1.29 is 14.4 Å². The summed E-state index contributed by atoms with van der Waals surface area (Å²) < 4.78 is 0. The number of hydrogen-bond donors (Lipinski definition) is 2. The van der Waals surface area contributed by atoms with Crippen molar-refractivity contribution in [3.8, 4) is 0 Å². The minimum absolute atomic E-state index is 0.176. The molecular weight excluding hydrogens is 414 g/mol. The lowest BCUT2D eigenvalue weighted by molar-refractivity contribution is -0.160. The summed E-state index contributed by atoms with van der Waals surface area (Å²) >= 11 is 6.33. The van der Waals surface area contributed by atoms with Gasteiger partial charge in [0.1, 0.15) is 6.04 Å². The van der Waals surface area contributed by atoms with Crippen LogP contribution in [0.4, 0.5) is 11.4 Å². The summed E-state index contributed by atoms with van der Waals surface area (Å²) in [6, 6.07) is 4.57. The molecule has 7 heteroatoms. The zero-order valence-corrected chi connectivity index (χ0v) is 18.7. The van der Waals surface area contributed by atoms with Crippen molar-refractivity contribution in [2.24, 2.45) is 23.2 Å². The second-order valence-electron chi connectivity index (χ2n) is 10.2. The molecule has 1 atom stereocenters. The van der Waals surface area contributed by atoms with Crippen molar-refractivity contribution in [1.29, 1.82) is 0 Å². The largest absolute Gasteiger partial charge is 0.330 e. The van der Waals surface area contributed by atoms with Gasteiger partial charge in [-0.25, -0.2) is 0 Å².